The molecular weight excluding hydrogens is 450 g/mol. The highest BCUT2D eigenvalue weighted by Gasteiger charge is 2.29. The van der Waals surface area contributed by atoms with Crippen molar-refractivity contribution in [1.29, 1.82) is 0 Å². The van der Waals surface area contributed by atoms with Gasteiger partial charge in [0.15, 0.2) is 0 Å². The molecule has 4 aromatic rings. The third kappa shape index (κ3) is 3.41. The van der Waals surface area contributed by atoms with Crippen molar-refractivity contribution in [2.45, 2.75) is 24.8 Å². The monoisotopic (exact) mass is 469 g/mol. The summed E-state index contributed by atoms with van der Waals surface area (Å²) in [5.74, 6) is 1.34. The molecule has 0 spiro atoms. The fourth-order valence-corrected chi connectivity index (χ4v) is 5.37. The van der Waals surface area contributed by atoms with Crippen LogP contribution in [0.4, 0.5) is 0 Å². The molecule has 3 aromatic heterocycles. The third-order valence-electron chi connectivity index (χ3n) is 6.21. The average Bonchev–Trinajstić information content (AvgIpc) is 3.52. The van der Waals surface area contributed by atoms with Gasteiger partial charge in [-0.05, 0) is 30.4 Å². The maximum Gasteiger partial charge on any atom is 0.265 e. The number of halogens is 1. The van der Waals surface area contributed by atoms with Crippen molar-refractivity contribution in [3.8, 4) is 11.4 Å². The molecule has 8 nitrogen and oxygen atoms in total. The molecule has 2 aliphatic heterocycles. The van der Waals surface area contributed by atoms with Crippen molar-refractivity contribution in [2.24, 2.45) is 0 Å². The predicted molar refractivity (Wildman–Crippen MR) is 120 cm³/mol. The van der Waals surface area contributed by atoms with E-state index in [-0.39, 0.29) is 17.9 Å². The highest BCUT2D eigenvalue weighted by atomic mass is 35.5. The number of hydrogen-bond donors (Lipinski definition) is 0. The normalized spacial score (nSPS) is 17.7. The van der Waals surface area contributed by atoms with Gasteiger partial charge < -0.3 is 14.2 Å². The lowest BCUT2D eigenvalue weighted by molar-refractivity contribution is -0.0266. The van der Waals surface area contributed by atoms with Gasteiger partial charge in [0, 0.05) is 30.0 Å². The van der Waals surface area contributed by atoms with Crippen LogP contribution in [-0.2, 0) is 4.74 Å². The Morgan fingerprint density at radius 1 is 1.19 bits per heavy atom. The van der Waals surface area contributed by atoms with E-state index in [0.717, 1.165) is 29.3 Å². The van der Waals surface area contributed by atoms with E-state index in [2.05, 4.69) is 21.3 Å². The number of fused-ring (bicyclic) bond motifs is 1. The lowest BCUT2D eigenvalue weighted by atomic mass is 9.96. The molecule has 0 bridgehead atoms. The van der Waals surface area contributed by atoms with Crippen LogP contribution in [0.3, 0.4) is 0 Å². The Bertz CT molecular complexity index is 1290. The molecule has 0 N–H and O–H groups in total. The zero-order valence-corrected chi connectivity index (χ0v) is 18.7. The van der Waals surface area contributed by atoms with Crippen LogP contribution in [0, 0.1) is 0 Å². The number of benzene rings is 1. The first-order chi connectivity index (χ1) is 15.7. The zero-order chi connectivity index (χ0) is 21.7. The van der Waals surface area contributed by atoms with E-state index in [1.54, 1.807) is 6.07 Å². The molecule has 5 heterocycles. The van der Waals surface area contributed by atoms with E-state index in [9.17, 15) is 4.79 Å². The van der Waals surface area contributed by atoms with Crippen molar-refractivity contribution in [3.63, 3.8) is 0 Å². The van der Waals surface area contributed by atoms with Gasteiger partial charge in [0.05, 0.1) is 36.0 Å². The van der Waals surface area contributed by atoms with Crippen LogP contribution in [0.2, 0.25) is 5.02 Å². The van der Waals surface area contributed by atoms with Gasteiger partial charge in [0.25, 0.3) is 5.91 Å². The number of thiophene rings is 1. The van der Waals surface area contributed by atoms with Crippen LogP contribution in [0.5, 0.6) is 0 Å². The minimum Gasteiger partial charge on any atom is -0.377 e. The van der Waals surface area contributed by atoms with E-state index >= 15 is 0 Å². The van der Waals surface area contributed by atoms with Gasteiger partial charge in [0.1, 0.15) is 4.88 Å². The highest BCUT2D eigenvalue weighted by molar-refractivity contribution is 7.12. The molecule has 164 valence electrons. The van der Waals surface area contributed by atoms with Crippen LogP contribution in [-0.4, -0.2) is 57.0 Å². The number of amides is 1. The Hall–Kier alpha value is -2.75. The number of rotatable bonds is 4. The molecule has 6 rings (SSSR count). The summed E-state index contributed by atoms with van der Waals surface area (Å²) >= 11 is 7.51. The standard InChI is InChI=1S/C22H20ClN5O3S/c23-17-5-8-32-19(17)22(29)27-6-3-13(4-7-27)21-25-20(26-31-21)14-1-2-15-10-24-28(18(15)9-14)16-11-30-12-16/h1-2,5,8-10,13,16H,3-4,6-7,11-12H2. The quantitative estimate of drug-likeness (QED) is 0.440. The summed E-state index contributed by atoms with van der Waals surface area (Å²) in [6, 6.07) is 8.12. The number of aromatic nitrogens is 4. The molecular formula is C22H20ClN5O3S. The molecule has 2 fully saturated rings. The highest BCUT2D eigenvalue weighted by Crippen LogP contribution is 2.32. The first kappa shape index (κ1) is 19.9. The SMILES string of the molecule is O=C(c1sccc1Cl)N1CCC(c2nc(-c3ccc4cnn(C5COC5)c4c3)no2)CC1. The lowest BCUT2D eigenvalue weighted by Gasteiger charge is -2.30. The molecule has 32 heavy (non-hydrogen) atoms. The Morgan fingerprint density at radius 3 is 2.75 bits per heavy atom. The van der Waals surface area contributed by atoms with Gasteiger partial charge in [-0.25, -0.2) is 0 Å². The number of nitrogens with zero attached hydrogens (tertiary/aromatic N) is 5. The van der Waals surface area contributed by atoms with Gasteiger partial charge in [-0.15, -0.1) is 11.3 Å². The van der Waals surface area contributed by atoms with Gasteiger partial charge in [-0.3, -0.25) is 9.48 Å². The van der Waals surface area contributed by atoms with E-state index < -0.39 is 0 Å². The fraction of sp³-hybridized carbons (Fsp3) is 0.364. The first-order valence-corrected chi connectivity index (χ1v) is 11.8. The fourth-order valence-electron chi connectivity index (χ4n) is 4.27. The number of carbonyl (C=O) groups is 1. The van der Waals surface area contributed by atoms with Crippen molar-refractivity contribution in [2.75, 3.05) is 26.3 Å². The lowest BCUT2D eigenvalue weighted by Crippen LogP contribution is -2.37. The van der Waals surface area contributed by atoms with Gasteiger partial charge in [-0.2, -0.15) is 10.1 Å². The topological polar surface area (TPSA) is 86.3 Å². The Morgan fingerprint density at radius 2 is 2.03 bits per heavy atom. The molecule has 1 amide bonds. The summed E-state index contributed by atoms with van der Waals surface area (Å²) in [6.07, 6.45) is 3.44. The van der Waals surface area contributed by atoms with Crippen molar-refractivity contribution < 1.29 is 14.1 Å². The van der Waals surface area contributed by atoms with Crippen LogP contribution in [0.25, 0.3) is 22.3 Å². The molecule has 0 radical (unpaired) electrons. The van der Waals surface area contributed by atoms with E-state index in [1.165, 1.54) is 11.3 Å². The van der Waals surface area contributed by atoms with Gasteiger partial charge in [0.2, 0.25) is 11.7 Å². The van der Waals surface area contributed by atoms with Gasteiger partial charge in [-0.1, -0.05) is 28.9 Å². The first-order valence-electron chi connectivity index (χ1n) is 10.6. The molecule has 1 aromatic carbocycles. The van der Waals surface area contributed by atoms with Crippen molar-refractivity contribution in [1.82, 2.24) is 24.8 Å². The van der Waals surface area contributed by atoms with E-state index in [1.807, 2.05) is 33.3 Å². The smallest absolute Gasteiger partial charge is 0.265 e. The van der Waals surface area contributed by atoms with Crippen LogP contribution >= 0.6 is 22.9 Å². The largest absolute Gasteiger partial charge is 0.377 e. The number of piperidine rings is 1. The summed E-state index contributed by atoms with van der Waals surface area (Å²) in [4.78, 5) is 19.8. The minimum absolute atomic E-state index is 0.00329. The number of ether oxygens (including phenoxy) is 1. The third-order valence-corrected chi connectivity index (χ3v) is 7.54. The maximum atomic E-state index is 12.7. The van der Waals surface area contributed by atoms with Crippen LogP contribution in [0.1, 0.15) is 40.4 Å². The summed E-state index contributed by atoms with van der Waals surface area (Å²) in [6.45, 7) is 2.66. The van der Waals surface area contributed by atoms with E-state index in [0.29, 0.717) is 47.9 Å². The second-order valence-electron chi connectivity index (χ2n) is 8.17. The molecule has 0 atom stereocenters. The van der Waals surface area contributed by atoms with Crippen molar-refractivity contribution >= 4 is 39.7 Å². The number of likely N-dealkylation sites (tertiary alicyclic amines) is 1. The molecule has 2 aliphatic rings. The van der Waals surface area contributed by atoms with Gasteiger partial charge >= 0.3 is 0 Å². The summed E-state index contributed by atoms with van der Waals surface area (Å²) in [5.41, 5.74) is 1.94. The number of carbonyl (C=O) groups excluding carboxylic acids is 1. The second kappa shape index (κ2) is 7.99. The van der Waals surface area contributed by atoms with Crippen molar-refractivity contribution in [3.05, 3.63) is 51.6 Å². The average molecular weight is 470 g/mol. The molecule has 2 saturated heterocycles. The summed E-state index contributed by atoms with van der Waals surface area (Å²) < 4.78 is 12.9. The molecule has 10 heteroatoms. The number of hydrogen-bond acceptors (Lipinski definition) is 7. The maximum absolute atomic E-state index is 12.7. The minimum atomic E-state index is -0.00329. The molecule has 0 saturated carbocycles. The molecule has 0 unspecified atom stereocenters. The Balaban J connectivity index is 1.17. The predicted octanol–water partition coefficient (Wildman–Crippen LogP) is 4.39. The Labute approximate surface area is 192 Å². The Kier molecular flexibility index (Phi) is 4.97. The summed E-state index contributed by atoms with van der Waals surface area (Å²) in [5, 5.41) is 12.2. The second-order valence-corrected chi connectivity index (χ2v) is 9.50. The summed E-state index contributed by atoms with van der Waals surface area (Å²) in [7, 11) is 0. The van der Waals surface area contributed by atoms with Crippen LogP contribution < -0.4 is 0 Å². The van der Waals surface area contributed by atoms with E-state index in [4.69, 9.17) is 20.9 Å². The molecule has 0 aliphatic carbocycles. The zero-order valence-electron chi connectivity index (χ0n) is 17.1. The van der Waals surface area contributed by atoms with Crippen LogP contribution in [0.15, 0.2) is 40.4 Å².